The number of ether oxygens (including phenoxy) is 3. The van der Waals surface area contributed by atoms with Gasteiger partial charge in [0.1, 0.15) is 42.5 Å². The third-order valence-electron chi connectivity index (χ3n) is 10.3. The predicted octanol–water partition coefficient (Wildman–Crippen LogP) is 8.90. The Balaban J connectivity index is 1.26. The van der Waals surface area contributed by atoms with E-state index < -0.39 is 26.3 Å². The summed E-state index contributed by atoms with van der Waals surface area (Å²) < 4.78 is 28.4. The van der Waals surface area contributed by atoms with E-state index in [9.17, 15) is 4.79 Å². The molecule has 0 saturated heterocycles. The van der Waals surface area contributed by atoms with E-state index in [-0.39, 0.29) is 17.6 Å². The van der Waals surface area contributed by atoms with Crippen LogP contribution in [0.3, 0.4) is 0 Å². The fraction of sp³-hybridized carbons (Fsp3) is 0.256. The molecule has 0 fully saturated rings. The molecule has 1 amide bonds. The summed E-state index contributed by atoms with van der Waals surface area (Å²) in [5.41, 5.74) is 3.32. The van der Waals surface area contributed by atoms with E-state index >= 15 is 0 Å². The molecule has 2 aromatic heterocycles. The lowest BCUT2D eigenvalue weighted by atomic mass is 9.80. The first-order valence-corrected chi connectivity index (χ1v) is 20.9. The normalized spacial score (nSPS) is 16.1. The average Bonchev–Trinajstić information content (AvgIpc) is 3.80. The minimum absolute atomic E-state index is 0.0666. The van der Waals surface area contributed by atoms with E-state index in [2.05, 4.69) is 78.4 Å². The topological polar surface area (TPSA) is 110 Å². The molecule has 0 bridgehead atoms. The van der Waals surface area contributed by atoms with Crippen molar-refractivity contribution in [2.45, 2.75) is 56.8 Å². The Bertz CT molecular complexity index is 2200. The van der Waals surface area contributed by atoms with Gasteiger partial charge in [0, 0.05) is 5.56 Å². The minimum atomic E-state index is -2.32. The van der Waals surface area contributed by atoms with Crippen molar-refractivity contribution in [3.05, 3.63) is 162 Å². The fourth-order valence-electron chi connectivity index (χ4n) is 6.43. The largest absolute Gasteiger partial charge is 0.497 e. The zero-order valence-corrected chi connectivity index (χ0v) is 32.4. The van der Waals surface area contributed by atoms with Gasteiger partial charge >= 0.3 is 0 Å². The third-order valence-corrected chi connectivity index (χ3v) is 14.8. The Hall–Kier alpha value is -5.62. The number of hydrogen-bond acceptors (Lipinski definition) is 8. The van der Waals surface area contributed by atoms with Crippen molar-refractivity contribution in [2.75, 3.05) is 19.0 Å². The second-order valence-corrected chi connectivity index (χ2v) is 19.5. The van der Waals surface area contributed by atoms with Crippen LogP contribution in [0.15, 0.2) is 140 Å². The van der Waals surface area contributed by atoms with Gasteiger partial charge in [-0.3, -0.25) is 9.36 Å². The molecule has 0 radical (unpaired) electrons. The van der Waals surface area contributed by atoms with E-state index in [0.717, 1.165) is 22.4 Å². The molecule has 1 aliphatic rings. The standard InChI is InChI=1S/C43H45N5O5Si/c1-42(2,3)54(5,6)53-36-26-35(52-41(36)48-29-46-37-38(44-28-45-39(37)48)47-40(49)30-16-10-7-11-17-30)27-51-43(31-18-12-8-13-19-31,32-20-14-9-15-21-32)33-22-24-34(50-4)25-23-33/h7-26,28-29,36,41H,27H2,1-6H3,(H,44,45,47,49)/t36-,41-/m1/s1. The molecule has 2 atom stereocenters. The summed E-state index contributed by atoms with van der Waals surface area (Å²) in [4.78, 5) is 26.7. The summed E-state index contributed by atoms with van der Waals surface area (Å²) in [6.45, 7) is 11.2. The number of imidazole rings is 1. The zero-order valence-electron chi connectivity index (χ0n) is 31.4. The van der Waals surface area contributed by atoms with Gasteiger partial charge in [0.15, 0.2) is 25.3 Å². The quantitative estimate of drug-likeness (QED) is 0.0980. The maximum Gasteiger partial charge on any atom is 0.256 e. The first-order chi connectivity index (χ1) is 26.0. The summed E-state index contributed by atoms with van der Waals surface area (Å²) in [6.07, 6.45) is 3.96. The molecule has 6 aromatic rings. The summed E-state index contributed by atoms with van der Waals surface area (Å²) in [5.74, 6) is 1.38. The average molecular weight is 740 g/mol. The van der Waals surface area contributed by atoms with Gasteiger partial charge in [0.2, 0.25) is 6.23 Å². The summed E-state index contributed by atoms with van der Waals surface area (Å²) in [7, 11) is -0.659. The van der Waals surface area contributed by atoms with Gasteiger partial charge in [0.25, 0.3) is 5.91 Å². The zero-order chi connectivity index (χ0) is 37.9. The van der Waals surface area contributed by atoms with Crippen LogP contribution in [0, 0.1) is 0 Å². The number of methoxy groups -OCH3 is 1. The van der Waals surface area contributed by atoms with Crippen LogP contribution in [-0.4, -0.2) is 53.6 Å². The van der Waals surface area contributed by atoms with Crippen molar-refractivity contribution in [2.24, 2.45) is 0 Å². The van der Waals surface area contributed by atoms with E-state index in [1.807, 2.05) is 89.5 Å². The van der Waals surface area contributed by atoms with E-state index in [1.54, 1.807) is 25.6 Å². The van der Waals surface area contributed by atoms with Gasteiger partial charge in [-0.1, -0.05) is 112 Å². The molecule has 0 spiro atoms. The fourth-order valence-corrected chi connectivity index (χ4v) is 7.65. The van der Waals surface area contributed by atoms with Crippen molar-refractivity contribution in [1.82, 2.24) is 19.5 Å². The molecule has 7 rings (SSSR count). The van der Waals surface area contributed by atoms with Gasteiger partial charge in [-0.25, -0.2) is 15.0 Å². The molecule has 11 heteroatoms. The van der Waals surface area contributed by atoms with E-state index in [0.29, 0.717) is 28.3 Å². The Morgan fingerprint density at radius 3 is 2.00 bits per heavy atom. The maximum atomic E-state index is 13.1. The smallest absolute Gasteiger partial charge is 0.256 e. The number of carbonyl (C=O) groups is 1. The number of amides is 1. The van der Waals surface area contributed by atoms with Gasteiger partial charge < -0.3 is 24.0 Å². The highest BCUT2D eigenvalue weighted by Gasteiger charge is 2.45. The van der Waals surface area contributed by atoms with Crippen molar-refractivity contribution in [1.29, 1.82) is 0 Å². The number of rotatable bonds is 12. The first-order valence-electron chi connectivity index (χ1n) is 18.0. The minimum Gasteiger partial charge on any atom is -0.497 e. The number of anilines is 1. The lowest BCUT2D eigenvalue weighted by Gasteiger charge is -2.39. The van der Waals surface area contributed by atoms with Gasteiger partial charge in [-0.15, -0.1) is 0 Å². The van der Waals surface area contributed by atoms with Gasteiger partial charge in [0.05, 0.1) is 7.11 Å². The lowest BCUT2D eigenvalue weighted by molar-refractivity contribution is -0.0313. The molecule has 3 heterocycles. The second-order valence-electron chi connectivity index (χ2n) is 14.8. The van der Waals surface area contributed by atoms with Crippen molar-refractivity contribution < 1.29 is 23.4 Å². The number of aromatic nitrogens is 4. The SMILES string of the molecule is COc1ccc(C(OCC2=C[C@@H](O[Si](C)(C)C(C)(C)C)[C@H](n3cnc4c(NC(=O)c5ccccc5)ncnc43)O2)(c2ccccc2)c2ccccc2)cc1. The Morgan fingerprint density at radius 1 is 0.815 bits per heavy atom. The lowest BCUT2D eigenvalue weighted by Crippen LogP contribution is -2.45. The van der Waals surface area contributed by atoms with Crippen LogP contribution in [0.2, 0.25) is 18.1 Å². The summed E-state index contributed by atoms with van der Waals surface area (Å²) in [5, 5.41) is 2.84. The van der Waals surface area contributed by atoms with Crippen molar-refractivity contribution >= 4 is 31.2 Å². The Morgan fingerprint density at radius 2 is 1.41 bits per heavy atom. The first kappa shape index (κ1) is 36.7. The van der Waals surface area contributed by atoms with Crippen LogP contribution < -0.4 is 10.1 Å². The summed E-state index contributed by atoms with van der Waals surface area (Å²) >= 11 is 0. The number of fused-ring (bicyclic) bond motifs is 1. The number of hydrogen-bond donors (Lipinski definition) is 1. The van der Waals surface area contributed by atoms with Crippen LogP contribution in [-0.2, 0) is 19.5 Å². The highest BCUT2D eigenvalue weighted by Crippen LogP contribution is 2.44. The van der Waals surface area contributed by atoms with Gasteiger partial charge in [-0.2, -0.15) is 0 Å². The molecular weight excluding hydrogens is 695 g/mol. The number of benzene rings is 4. The highest BCUT2D eigenvalue weighted by molar-refractivity contribution is 6.74. The van der Waals surface area contributed by atoms with E-state index in [1.165, 1.54) is 6.33 Å². The van der Waals surface area contributed by atoms with E-state index in [4.69, 9.17) is 18.6 Å². The molecule has 276 valence electrons. The molecular formula is C43H45N5O5Si. The summed E-state index contributed by atoms with van der Waals surface area (Å²) in [6, 6.07) is 37.4. The Kier molecular flexibility index (Phi) is 10.2. The number of nitrogens with zero attached hydrogens (tertiary/aromatic N) is 4. The molecule has 0 unspecified atom stereocenters. The third kappa shape index (κ3) is 7.17. The highest BCUT2D eigenvalue weighted by atomic mass is 28.4. The molecule has 0 saturated carbocycles. The molecule has 10 nitrogen and oxygen atoms in total. The molecule has 54 heavy (non-hydrogen) atoms. The van der Waals surface area contributed by atoms with Crippen LogP contribution in [0.5, 0.6) is 5.75 Å². The van der Waals surface area contributed by atoms with Gasteiger partial charge in [-0.05, 0) is 65.2 Å². The predicted molar refractivity (Wildman–Crippen MR) is 212 cm³/mol. The number of carbonyl (C=O) groups excluding carboxylic acids is 1. The van der Waals surface area contributed by atoms with Crippen molar-refractivity contribution in [3.8, 4) is 5.75 Å². The Labute approximate surface area is 317 Å². The molecule has 4 aromatic carbocycles. The second kappa shape index (κ2) is 15.0. The molecule has 1 aliphatic heterocycles. The maximum absolute atomic E-state index is 13.1. The van der Waals surface area contributed by atoms with Crippen LogP contribution in [0.4, 0.5) is 5.82 Å². The van der Waals surface area contributed by atoms with Crippen molar-refractivity contribution in [3.63, 3.8) is 0 Å². The molecule has 1 N–H and O–H groups in total. The van der Waals surface area contributed by atoms with Crippen LogP contribution in [0.25, 0.3) is 11.2 Å². The monoisotopic (exact) mass is 739 g/mol. The van der Waals surface area contributed by atoms with Crippen LogP contribution in [0.1, 0.15) is 54.0 Å². The molecule has 0 aliphatic carbocycles. The number of nitrogens with one attached hydrogen (secondary N) is 1. The van der Waals surface area contributed by atoms with Crippen LogP contribution >= 0.6 is 0 Å².